The minimum Gasteiger partial charge on any atom is -0.280 e. The molecule has 124 valence electrons. The molecule has 3 rings (SSSR count). The van der Waals surface area contributed by atoms with E-state index >= 15 is 0 Å². The summed E-state index contributed by atoms with van der Waals surface area (Å²) >= 11 is 1.48. The lowest BCUT2D eigenvalue weighted by Gasteiger charge is -2.12. The highest BCUT2D eigenvalue weighted by Gasteiger charge is 2.18. The maximum atomic E-state index is 12.6. The maximum absolute atomic E-state index is 12.6. The first kappa shape index (κ1) is 16.4. The molecular formula is C17H18N4O2S. The van der Waals surface area contributed by atoms with Crippen LogP contribution in [-0.4, -0.2) is 24.9 Å². The average Bonchev–Trinajstić information content (AvgIpc) is 2.58. The summed E-state index contributed by atoms with van der Waals surface area (Å²) in [4.78, 5) is 34.0. The lowest BCUT2D eigenvalue weighted by molar-refractivity contribution is 0.703. The minimum absolute atomic E-state index is 0.361. The van der Waals surface area contributed by atoms with Crippen molar-refractivity contribution >= 4 is 22.8 Å². The molecule has 0 N–H and O–H groups in total. The van der Waals surface area contributed by atoms with Crippen LogP contribution < -0.4 is 11.2 Å². The van der Waals surface area contributed by atoms with Gasteiger partial charge >= 0.3 is 5.69 Å². The molecule has 2 aromatic heterocycles. The van der Waals surface area contributed by atoms with Crippen LogP contribution in [-0.2, 0) is 14.1 Å². The van der Waals surface area contributed by atoms with E-state index in [0.717, 1.165) is 21.4 Å². The second-order valence-corrected chi connectivity index (χ2v) is 6.76. The third kappa shape index (κ3) is 2.54. The Balaban J connectivity index is 2.47. The molecule has 0 unspecified atom stereocenters. The van der Waals surface area contributed by atoms with Gasteiger partial charge in [0.1, 0.15) is 10.4 Å². The first-order valence-electron chi connectivity index (χ1n) is 7.62. The van der Waals surface area contributed by atoms with Crippen LogP contribution in [0, 0.1) is 6.92 Å². The molecule has 24 heavy (non-hydrogen) atoms. The summed E-state index contributed by atoms with van der Waals surface area (Å²) in [5.74, 6) is 1.30. The van der Waals surface area contributed by atoms with Crippen molar-refractivity contribution in [1.82, 2.24) is 19.1 Å². The van der Waals surface area contributed by atoms with Gasteiger partial charge in [-0.1, -0.05) is 31.2 Å². The third-order valence-corrected chi connectivity index (χ3v) is 4.79. The molecule has 0 amide bonds. The van der Waals surface area contributed by atoms with Crippen LogP contribution in [0.2, 0.25) is 0 Å². The number of hydrogen-bond donors (Lipinski definition) is 0. The topological polar surface area (TPSA) is 69.8 Å². The molecular weight excluding hydrogens is 324 g/mol. The number of nitrogens with zero attached hydrogens (tertiary/aromatic N) is 4. The quantitative estimate of drug-likeness (QED) is 0.539. The Morgan fingerprint density at radius 1 is 1.08 bits per heavy atom. The summed E-state index contributed by atoms with van der Waals surface area (Å²) in [7, 11) is 3.10. The molecule has 2 heterocycles. The number of fused-ring (bicyclic) bond motifs is 1. The number of rotatable bonds is 3. The summed E-state index contributed by atoms with van der Waals surface area (Å²) < 4.78 is 2.50. The highest BCUT2D eigenvalue weighted by molar-refractivity contribution is 7.99. The zero-order chi connectivity index (χ0) is 17.4. The van der Waals surface area contributed by atoms with Crippen LogP contribution in [0.4, 0.5) is 0 Å². The molecule has 0 aliphatic heterocycles. The van der Waals surface area contributed by atoms with E-state index in [0.29, 0.717) is 21.9 Å². The maximum Gasteiger partial charge on any atom is 0.332 e. The van der Waals surface area contributed by atoms with E-state index in [1.54, 1.807) is 7.05 Å². The van der Waals surface area contributed by atoms with Gasteiger partial charge in [0.25, 0.3) is 5.56 Å². The fourth-order valence-corrected chi connectivity index (χ4v) is 3.36. The predicted molar refractivity (Wildman–Crippen MR) is 96.6 cm³/mol. The van der Waals surface area contributed by atoms with E-state index in [1.807, 2.05) is 38.1 Å². The van der Waals surface area contributed by atoms with Gasteiger partial charge in [-0.15, -0.1) is 11.8 Å². The van der Waals surface area contributed by atoms with Gasteiger partial charge < -0.3 is 0 Å². The highest BCUT2D eigenvalue weighted by Crippen LogP contribution is 2.27. The van der Waals surface area contributed by atoms with Gasteiger partial charge in [-0.25, -0.2) is 14.8 Å². The van der Waals surface area contributed by atoms with Gasteiger partial charge in [0.05, 0.1) is 0 Å². The Morgan fingerprint density at radius 3 is 2.46 bits per heavy atom. The third-order valence-electron chi connectivity index (χ3n) is 3.93. The molecule has 0 atom stereocenters. The smallest absolute Gasteiger partial charge is 0.280 e. The van der Waals surface area contributed by atoms with Crippen molar-refractivity contribution in [2.75, 3.05) is 5.75 Å². The summed E-state index contributed by atoms with van der Waals surface area (Å²) in [6, 6.07) is 7.80. The van der Waals surface area contributed by atoms with Gasteiger partial charge in [-0.05, 0) is 18.2 Å². The lowest BCUT2D eigenvalue weighted by Crippen LogP contribution is -2.37. The zero-order valence-corrected chi connectivity index (χ0v) is 14.8. The molecule has 0 aliphatic carbocycles. The highest BCUT2D eigenvalue weighted by atomic mass is 32.2. The molecule has 0 spiro atoms. The average molecular weight is 342 g/mol. The largest absolute Gasteiger partial charge is 0.332 e. The standard InChI is InChI=1S/C17H18N4O2S/c1-5-24-15-12-14(20(3)17(23)21(4)16(12)22)18-13(19-15)11-9-7-6-8-10(11)2/h6-9H,5H2,1-4H3. The molecule has 6 nitrogen and oxygen atoms in total. The first-order valence-corrected chi connectivity index (χ1v) is 8.60. The van der Waals surface area contributed by atoms with E-state index in [-0.39, 0.29) is 5.56 Å². The van der Waals surface area contributed by atoms with Gasteiger partial charge in [0, 0.05) is 19.7 Å². The van der Waals surface area contributed by atoms with E-state index in [9.17, 15) is 9.59 Å². The Morgan fingerprint density at radius 2 is 1.79 bits per heavy atom. The van der Waals surface area contributed by atoms with Crippen molar-refractivity contribution in [2.24, 2.45) is 14.1 Å². The molecule has 3 aromatic rings. The number of thioether (sulfide) groups is 1. The molecule has 0 aliphatic rings. The summed E-state index contributed by atoms with van der Waals surface area (Å²) in [5.41, 5.74) is 1.55. The van der Waals surface area contributed by atoms with E-state index in [1.165, 1.54) is 23.4 Å². The number of benzene rings is 1. The van der Waals surface area contributed by atoms with Crippen molar-refractivity contribution in [3.8, 4) is 11.4 Å². The van der Waals surface area contributed by atoms with Crippen LogP contribution in [0.5, 0.6) is 0 Å². The first-order chi connectivity index (χ1) is 11.5. The van der Waals surface area contributed by atoms with E-state index in [4.69, 9.17) is 0 Å². The molecule has 0 bridgehead atoms. The van der Waals surface area contributed by atoms with Crippen molar-refractivity contribution in [1.29, 1.82) is 0 Å². The molecule has 0 saturated heterocycles. The number of aryl methyl sites for hydroxylation is 2. The van der Waals surface area contributed by atoms with Crippen molar-refractivity contribution in [2.45, 2.75) is 18.9 Å². The fourth-order valence-electron chi connectivity index (χ4n) is 2.61. The van der Waals surface area contributed by atoms with Crippen molar-refractivity contribution in [3.05, 3.63) is 50.7 Å². The van der Waals surface area contributed by atoms with Crippen molar-refractivity contribution < 1.29 is 0 Å². The number of hydrogen-bond acceptors (Lipinski definition) is 5. The molecule has 0 saturated carbocycles. The number of aromatic nitrogens is 4. The normalized spacial score (nSPS) is 11.2. The van der Waals surface area contributed by atoms with Crippen LogP contribution in [0.1, 0.15) is 12.5 Å². The molecule has 7 heteroatoms. The molecule has 0 radical (unpaired) electrons. The van der Waals surface area contributed by atoms with Gasteiger partial charge in [0.15, 0.2) is 11.5 Å². The van der Waals surface area contributed by atoms with Crippen LogP contribution >= 0.6 is 11.8 Å². The predicted octanol–water partition coefficient (Wildman–Crippen LogP) is 2.11. The van der Waals surface area contributed by atoms with Crippen LogP contribution in [0.25, 0.3) is 22.4 Å². The Hall–Kier alpha value is -2.41. The Bertz CT molecular complexity index is 1050. The monoisotopic (exact) mass is 342 g/mol. The van der Waals surface area contributed by atoms with Crippen LogP contribution in [0.3, 0.4) is 0 Å². The zero-order valence-electron chi connectivity index (χ0n) is 14.0. The van der Waals surface area contributed by atoms with Gasteiger partial charge in [-0.2, -0.15) is 0 Å². The fraction of sp³-hybridized carbons (Fsp3) is 0.294. The van der Waals surface area contributed by atoms with E-state index in [2.05, 4.69) is 9.97 Å². The van der Waals surface area contributed by atoms with Crippen LogP contribution in [0.15, 0.2) is 38.9 Å². The molecule has 1 aromatic carbocycles. The van der Waals surface area contributed by atoms with Crippen molar-refractivity contribution in [3.63, 3.8) is 0 Å². The van der Waals surface area contributed by atoms with E-state index < -0.39 is 5.69 Å². The summed E-state index contributed by atoms with van der Waals surface area (Å²) in [6.45, 7) is 3.98. The summed E-state index contributed by atoms with van der Waals surface area (Å²) in [6.07, 6.45) is 0. The molecule has 0 fully saturated rings. The minimum atomic E-state index is -0.394. The van der Waals surface area contributed by atoms with Gasteiger partial charge in [-0.3, -0.25) is 13.9 Å². The second kappa shape index (κ2) is 6.24. The summed E-state index contributed by atoms with van der Waals surface area (Å²) in [5, 5.41) is 1.00. The second-order valence-electron chi connectivity index (χ2n) is 5.50. The Labute approximate surface area is 143 Å². The van der Waals surface area contributed by atoms with Gasteiger partial charge in [0.2, 0.25) is 0 Å². The SMILES string of the molecule is CCSc1nc(-c2ccccc2C)nc2c1c(=O)n(C)c(=O)n2C. The lowest BCUT2D eigenvalue weighted by atomic mass is 10.1. The Kier molecular flexibility index (Phi) is 4.28.